The molecule has 0 aromatic rings. The number of carbonyl (C=O) groups is 11. The summed E-state index contributed by atoms with van der Waals surface area (Å²) in [5.41, 5.74) is -2.23. The third kappa shape index (κ3) is 22.8. The van der Waals surface area contributed by atoms with E-state index >= 15 is 19.2 Å². The van der Waals surface area contributed by atoms with Crippen LogP contribution in [0.4, 0.5) is 0 Å². The van der Waals surface area contributed by atoms with Crippen LogP contribution in [-0.4, -0.2) is 259 Å². The van der Waals surface area contributed by atoms with Crippen LogP contribution < -0.4 is 21.3 Å². The van der Waals surface area contributed by atoms with Crippen LogP contribution in [0.2, 0.25) is 0 Å². The van der Waals surface area contributed by atoms with Crippen LogP contribution >= 0.6 is 0 Å². The molecule has 0 aliphatic carbocycles. The Morgan fingerprint density at radius 2 is 1.01 bits per heavy atom. The number of amides is 11. The molecule has 1 aliphatic heterocycles. The van der Waals surface area contributed by atoms with Crippen LogP contribution in [0.15, 0.2) is 12.2 Å². The molecule has 12 atom stereocenters. The van der Waals surface area contributed by atoms with Gasteiger partial charge in [-0.2, -0.15) is 0 Å². The maximum Gasteiger partial charge on any atom is 0.276 e. The lowest BCUT2D eigenvalue weighted by atomic mass is 9.89. The molecule has 1 saturated heterocycles. The van der Waals surface area contributed by atoms with Gasteiger partial charge < -0.3 is 70.3 Å². The van der Waals surface area contributed by atoms with Gasteiger partial charge in [0.1, 0.15) is 54.4 Å². The first-order chi connectivity index (χ1) is 42.0. The van der Waals surface area contributed by atoms with Crippen molar-refractivity contribution in [3.05, 3.63) is 12.2 Å². The van der Waals surface area contributed by atoms with Crippen molar-refractivity contribution >= 4 is 65.0 Å². The van der Waals surface area contributed by atoms with E-state index in [0.717, 1.165) is 14.7 Å². The zero-order chi connectivity index (χ0) is 70.6. The average Bonchev–Trinajstić information content (AvgIpc) is 0.776. The van der Waals surface area contributed by atoms with Gasteiger partial charge in [0.15, 0.2) is 0 Å². The summed E-state index contributed by atoms with van der Waals surface area (Å²) in [6.07, 6.45) is 2.75. The van der Waals surface area contributed by atoms with E-state index in [2.05, 4.69) is 21.3 Å². The third-order valence-electron chi connectivity index (χ3n) is 17.2. The number of ether oxygens (including phenoxy) is 1. The van der Waals surface area contributed by atoms with E-state index in [4.69, 9.17) is 4.74 Å². The van der Waals surface area contributed by atoms with Crippen LogP contribution in [0, 0.1) is 41.4 Å². The molecule has 0 saturated carbocycles. The molecule has 0 spiro atoms. The Morgan fingerprint density at radius 3 is 1.47 bits per heavy atom. The Kier molecular flexibility index (Phi) is 34.1. The molecule has 1 aliphatic rings. The maximum atomic E-state index is 16.0. The fourth-order valence-electron chi connectivity index (χ4n) is 11.3. The second-order valence-electron chi connectivity index (χ2n) is 27.8. The van der Waals surface area contributed by atoms with Gasteiger partial charge in [0.2, 0.25) is 64.8 Å². The molecule has 25 nitrogen and oxygen atoms in total. The number of carbonyl (C=O) groups excluding carboxylic acids is 11. The molecular formula is C66H120N12O13. The van der Waals surface area contributed by atoms with Crippen LogP contribution in [0.1, 0.15) is 156 Å². The van der Waals surface area contributed by atoms with Crippen molar-refractivity contribution in [2.45, 2.75) is 222 Å². The highest BCUT2D eigenvalue weighted by Crippen LogP contribution is 2.33. The number of rotatable bonds is 19. The number of aliphatic hydroxyl groups is 1. The first kappa shape index (κ1) is 82.8. The molecule has 91 heavy (non-hydrogen) atoms. The topological polar surface area (TPSA) is 291 Å². The van der Waals surface area contributed by atoms with Gasteiger partial charge in [-0.3, -0.25) is 52.7 Å². The molecule has 1 fully saturated rings. The molecule has 5 N–H and O–H groups in total. The van der Waals surface area contributed by atoms with E-state index in [1.54, 1.807) is 74.7 Å². The Labute approximate surface area is 545 Å². The van der Waals surface area contributed by atoms with Crippen LogP contribution in [0.25, 0.3) is 0 Å². The number of aliphatic hydroxyl groups excluding tert-OH is 1. The first-order valence-electron chi connectivity index (χ1n) is 32.6. The Morgan fingerprint density at radius 1 is 0.560 bits per heavy atom. The summed E-state index contributed by atoms with van der Waals surface area (Å²) < 4.78 is 6.71. The van der Waals surface area contributed by atoms with Crippen molar-refractivity contribution in [1.82, 2.24) is 60.5 Å². The van der Waals surface area contributed by atoms with Gasteiger partial charge in [0.05, 0.1) is 19.3 Å². The summed E-state index contributed by atoms with van der Waals surface area (Å²) in [5.74, 6) is -10.7. The van der Waals surface area contributed by atoms with E-state index in [0.29, 0.717) is 0 Å². The number of allylic oxidation sites excluding steroid dienone is 2. The molecule has 0 aromatic heterocycles. The highest BCUT2D eigenvalue weighted by atomic mass is 16.5. The van der Waals surface area contributed by atoms with E-state index in [1.165, 1.54) is 82.8 Å². The molecular weight excluding hydrogens is 1170 g/mol. The molecule has 1 rings (SSSR count). The highest BCUT2D eigenvalue weighted by molar-refractivity contribution is 6.00. The number of nitrogens with zero attached hydrogens (tertiary/aromatic N) is 8. The molecule has 522 valence electrons. The summed E-state index contributed by atoms with van der Waals surface area (Å²) >= 11 is 0. The predicted molar refractivity (Wildman–Crippen MR) is 352 cm³/mol. The SMILES string of the molecule is C/C=C/C[C@@H](C)[C@@H](O)[C@H]1C(=O)N[C@@H](CC)C(=O)N(C)CC(=O)N(C)[C@@H](CC(C)C)C(=O)N[C@@H](C(C)C)C(=O)N(C)[C@@H](CC(C)C)C(=O)N[C@@H](C)C(=O)N[C@H](C)C(=O)N(C)[C@@H](CC(C)C)C(=O)N(C)[C@@H](CC(C)C)C(=O)N(C)[C@](OCCN(C)C)(C(C)C)C(=O)N1C. The second kappa shape index (κ2) is 37.5. The Balaban J connectivity index is 4.55. The molecule has 1 heterocycles. The summed E-state index contributed by atoms with van der Waals surface area (Å²) in [4.78, 5) is 173. The van der Waals surface area contributed by atoms with Crippen LogP contribution in [-0.2, 0) is 57.5 Å². The second-order valence-corrected chi connectivity index (χ2v) is 27.8. The van der Waals surface area contributed by atoms with Gasteiger partial charge >= 0.3 is 0 Å². The lowest BCUT2D eigenvalue weighted by Gasteiger charge is -2.48. The van der Waals surface area contributed by atoms with Gasteiger partial charge in [-0.1, -0.05) is 109 Å². The molecule has 0 bridgehead atoms. The van der Waals surface area contributed by atoms with Gasteiger partial charge in [0, 0.05) is 61.8 Å². The van der Waals surface area contributed by atoms with Crippen molar-refractivity contribution in [2.24, 2.45) is 41.4 Å². The zero-order valence-corrected chi connectivity index (χ0v) is 60.3. The standard InChI is InChI=1S/C66H120N12O13/c1-27-29-30-44(15)55(80)54-59(84)69-47(28-2)61(86)72(20)37-52(79)73(21)48(33-38(3)4)58(83)70-53(42(11)12)64(89)74(22)49(34-39(5)6)57(82)67-45(16)56(81)68-46(17)60(85)75(23)50(35-40(7)8)62(87)76(24)51(36-41(9)10)63(88)78(26)66(43(13)14,65(90)77(54)25)91-32-31-71(18)19/h27,29,38-51,53-55,80H,28,30-37H2,1-26H3,(H,67,82)(H,68,81)(H,69,84)(H,70,83)/b29-27+/t44-,45+,46-,47+,48+,49+,50+,51+,53+,54+,55-,66+/m1/s1. The van der Waals surface area contributed by atoms with E-state index in [-0.39, 0.29) is 75.3 Å². The average molecular weight is 1290 g/mol. The Bertz CT molecular complexity index is 2490. The monoisotopic (exact) mass is 1290 g/mol. The summed E-state index contributed by atoms with van der Waals surface area (Å²) in [7, 11) is 13.4. The fraction of sp³-hybridized carbons (Fsp3) is 0.803. The van der Waals surface area contributed by atoms with Crippen LogP contribution in [0.5, 0.6) is 0 Å². The van der Waals surface area contributed by atoms with Crippen molar-refractivity contribution in [3.8, 4) is 0 Å². The van der Waals surface area contributed by atoms with E-state index < -0.39 is 155 Å². The molecule has 11 amide bonds. The first-order valence-corrected chi connectivity index (χ1v) is 32.6. The summed E-state index contributed by atoms with van der Waals surface area (Å²) in [5, 5.41) is 23.4. The lowest BCUT2D eigenvalue weighted by Crippen LogP contribution is -2.70. The molecule has 0 unspecified atom stereocenters. The van der Waals surface area contributed by atoms with Crippen molar-refractivity contribution < 1.29 is 62.6 Å². The van der Waals surface area contributed by atoms with E-state index in [9.17, 15) is 38.7 Å². The third-order valence-corrected chi connectivity index (χ3v) is 17.2. The van der Waals surface area contributed by atoms with Crippen LogP contribution in [0.3, 0.4) is 0 Å². The Hall–Kier alpha value is -6.21. The zero-order valence-electron chi connectivity index (χ0n) is 60.3. The predicted octanol–water partition coefficient (Wildman–Crippen LogP) is 3.17. The number of likely N-dealkylation sites (N-methyl/N-ethyl adjacent to an activating group) is 8. The van der Waals surface area contributed by atoms with Crippen molar-refractivity contribution in [2.75, 3.05) is 83.1 Å². The van der Waals surface area contributed by atoms with Crippen molar-refractivity contribution in [3.63, 3.8) is 0 Å². The van der Waals surface area contributed by atoms with Gasteiger partial charge in [-0.15, -0.1) is 0 Å². The maximum absolute atomic E-state index is 16.0. The highest BCUT2D eigenvalue weighted by Gasteiger charge is 2.55. The number of hydrogen-bond acceptors (Lipinski definition) is 14. The quantitative estimate of drug-likeness (QED) is 0.116. The minimum atomic E-state index is -2.23. The molecule has 0 aromatic carbocycles. The summed E-state index contributed by atoms with van der Waals surface area (Å²) in [6, 6.07) is -11.5. The largest absolute Gasteiger partial charge is 0.390 e. The minimum absolute atomic E-state index is 0.00991. The lowest BCUT2D eigenvalue weighted by molar-refractivity contribution is -0.209. The fourth-order valence-corrected chi connectivity index (χ4v) is 11.3. The van der Waals surface area contributed by atoms with Gasteiger partial charge in [0.25, 0.3) is 5.91 Å². The summed E-state index contributed by atoms with van der Waals surface area (Å²) in [6.45, 7) is 29.3. The normalized spacial score (nSPS) is 26.8. The van der Waals surface area contributed by atoms with Crippen molar-refractivity contribution in [1.29, 1.82) is 0 Å². The number of hydrogen-bond donors (Lipinski definition) is 5. The molecule has 25 heteroatoms. The smallest absolute Gasteiger partial charge is 0.276 e. The van der Waals surface area contributed by atoms with Gasteiger partial charge in [-0.25, -0.2) is 0 Å². The van der Waals surface area contributed by atoms with E-state index in [1.807, 2.05) is 60.3 Å². The minimum Gasteiger partial charge on any atom is -0.390 e. The van der Waals surface area contributed by atoms with Gasteiger partial charge in [-0.05, 0) is 109 Å². The number of nitrogens with one attached hydrogen (secondary N) is 4. The molecule has 0 radical (unpaired) electrons.